The number of carbonyl (C=O) groups is 1. The van der Waals surface area contributed by atoms with E-state index in [0.29, 0.717) is 5.82 Å². The number of carbonyl (C=O) groups excluding carboxylic acids is 1. The summed E-state index contributed by atoms with van der Waals surface area (Å²) in [6.45, 7) is 3.98. The SMILES string of the molecule is Cc1cccc(Nc2cnc(C(=O)Nc3c(F)cccc3F)cn2)c1C. The number of rotatable bonds is 4. The molecule has 0 saturated heterocycles. The van der Waals surface area contributed by atoms with Gasteiger partial charge in [-0.2, -0.15) is 0 Å². The van der Waals surface area contributed by atoms with Gasteiger partial charge in [-0.1, -0.05) is 18.2 Å². The van der Waals surface area contributed by atoms with Crippen molar-refractivity contribution >= 4 is 23.1 Å². The zero-order valence-corrected chi connectivity index (χ0v) is 14.2. The van der Waals surface area contributed by atoms with Crippen LogP contribution in [0.4, 0.5) is 26.0 Å². The lowest BCUT2D eigenvalue weighted by Gasteiger charge is -2.11. The van der Waals surface area contributed by atoms with Gasteiger partial charge in [0.2, 0.25) is 0 Å². The standard InChI is InChI=1S/C19H16F2N4O/c1-11-5-3-8-15(12(11)2)24-17-10-22-16(9-23-17)19(26)25-18-13(20)6-4-7-14(18)21/h3-10H,1-2H3,(H,23,24)(H,25,26). The van der Waals surface area contributed by atoms with Gasteiger partial charge in [-0.25, -0.2) is 18.7 Å². The summed E-state index contributed by atoms with van der Waals surface area (Å²) in [5.41, 5.74) is 2.51. The highest BCUT2D eigenvalue weighted by Gasteiger charge is 2.15. The van der Waals surface area contributed by atoms with E-state index in [4.69, 9.17) is 0 Å². The molecular weight excluding hydrogens is 338 g/mol. The highest BCUT2D eigenvalue weighted by atomic mass is 19.1. The van der Waals surface area contributed by atoms with E-state index >= 15 is 0 Å². The number of halogens is 2. The molecule has 0 aliphatic heterocycles. The first-order chi connectivity index (χ1) is 12.5. The van der Waals surface area contributed by atoms with Crippen LogP contribution in [-0.4, -0.2) is 15.9 Å². The van der Waals surface area contributed by atoms with Gasteiger partial charge in [0.05, 0.1) is 12.4 Å². The van der Waals surface area contributed by atoms with Gasteiger partial charge in [0.1, 0.15) is 28.8 Å². The largest absolute Gasteiger partial charge is 0.339 e. The number of para-hydroxylation sites is 1. The van der Waals surface area contributed by atoms with E-state index in [9.17, 15) is 13.6 Å². The molecule has 132 valence electrons. The van der Waals surface area contributed by atoms with Gasteiger partial charge in [-0.05, 0) is 43.2 Å². The number of aryl methyl sites for hydroxylation is 1. The molecule has 5 nitrogen and oxygen atoms in total. The van der Waals surface area contributed by atoms with Crippen molar-refractivity contribution in [2.45, 2.75) is 13.8 Å². The van der Waals surface area contributed by atoms with Gasteiger partial charge in [-0.15, -0.1) is 0 Å². The second-order valence-corrected chi connectivity index (χ2v) is 5.71. The third-order valence-corrected chi connectivity index (χ3v) is 3.95. The van der Waals surface area contributed by atoms with Gasteiger partial charge in [-0.3, -0.25) is 4.79 Å². The molecule has 7 heteroatoms. The number of hydrogen-bond acceptors (Lipinski definition) is 4. The summed E-state index contributed by atoms with van der Waals surface area (Å²) in [7, 11) is 0. The smallest absolute Gasteiger partial charge is 0.276 e. The fourth-order valence-corrected chi connectivity index (χ4v) is 2.33. The third kappa shape index (κ3) is 3.66. The third-order valence-electron chi connectivity index (χ3n) is 3.95. The Balaban J connectivity index is 1.75. The predicted octanol–water partition coefficient (Wildman–Crippen LogP) is 4.37. The molecule has 2 aromatic carbocycles. The summed E-state index contributed by atoms with van der Waals surface area (Å²) >= 11 is 0. The Morgan fingerprint density at radius 1 is 0.962 bits per heavy atom. The Kier molecular flexibility index (Phi) is 4.88. The van der Waals surface area contributed by atoms with Gasteiger partial charge < -0.3 is 10.6 Å². The lowest BCUT2D eigenvalue weighted by Crippen LogP contribution is -2.16. The average Bonchev–Trinajstić information content (AvgIpc) is 2.63. The van der Waals surface area contributed by atoms with Crippen LogP contribution in [0.5, 0.6) is 0 Å². The molecule has 0 bridgehead atoms. The molecule has 3 aromatic rings. The van der Waals surface area contributed by atoms with E-state index in [0.717, 1.165) is 28.9 Å². The Hall–Kier alpha value is -3.35. The molecule has 0 radical (unpaired) electrons. The molecule has 0 aliphatic carbocycles. The van der Waals surface area contributed by atoms with Crippen molar-refractivity contribution < 1.29 is 13.6 Å². The van der Waals surface area contributed by atoms with E-state index < -0.39 is 23.2 Å². The normalized spacial score (nSPS) is 10.5. The molecule has 1 heterocycles. The number of aromatic nitrogens is 2. The summed E-state index contributed by atoms with van der Waals surface area (Å²) in [5.74, 6) is -2.02. The van der Waals surface area contributed by atoms with Crippen LogP contribution in [0.3, 0.4) is 0 Å². The Bertz CT molecular complexity index is 938. The quantitative estimate of drug-likeness (QED) is 0.730. The van der Waals surface area contributed by atoms with E-state index in [2.05, 4.69) is 20.6 Å². The van der Waals surface area contributed by atoms with Crippen LogP contribution in [0.2, 0.25) is 0 Å². The van der Waals surface area contributed by atoms with E-state index in [-0.39, 0.29) is 5.69 Å². The molecule has 26 heavy (non-hydrogen) atoms. The van der Waals surface area contributed by atoms with E-state index in [1.807, 2.05) is 32.0 Å². The summed E-state index contributed by atoms with van der Waals surface area (Å²) in [6, 6.07) is 9.16. The van der Waals surface area contributed by atoms with Crippen molar-refractivity contribution in [3.05, 3.63) is 77.2 Å². The summed E-state index contributed by atoms with van der Waals surface area (Å²) in [4.78, 5) is 20.3. The number of benzene rings is 2. The number of hydrogen-bond donors (Lipinski definition) is 2. The average molecular weight is 354 g/mol. The van der Waals surface area contributed by atoms with Crippen LogP contribution in [0.1, 0.15) is 21.6 Å². The van der Waals surface area contributed by atoms with Crippen LogP contribution in [-0.2, 0) is 0 Å². The highest BCUT2D eigenvalue weighted by Crippen LogP contribution is 2.22. The fraction of sp³-hybridized carbons (Fsp3) is 0.105. The van der Waals surface area contributed by atoms with Crippen LogP contribution < -0.4 is 10.6 Å². The van der Waals surface area contributed by atoms with Crippen molar-refractivity contribution in [3.63, 3.8) is 0 Å². The maximum Gasteiger partial charge on any atom is 0.276 e. The molecule has 1 amide bonds. The molecule has 0 saturated carbocycles. The van der Waals surface area contributed by atoms with Crippen molar-refractivity contribution in [1.29, 1.82) is 0 Å². The molecule has 0 unspecified atom stereocenters. The summed E-state index contributed by atoms with van der Waals surface area (Å²) < 4.78 is 27.2. The predicted molar refractivity (Wildman–Crippen MR) is 95.5 cm³/mol. The van der Waals surface area contributed by atoms with Gasteiger partial charge >= 0.3 is 0 Å². The number of nitrogens with zero attached hydrogens (tertiary/aromatic N) is 2. The minimum Gasteiger partial charge on any atom is -0.339 e. The first-order valence-electron chi connectivity index (χ1n) is 7.86. The van der Waals surface area contributed by atoms with Gasteiger partial charge in [0, 0.05) is 5.69 Å². The molecule has 3 rings (SSSR count). The highest BCUT2D eigenvalue weighted by molar-refractivity contribution is 6.02. The number of nitrogens with one attached hydrogen (secondary N) is 2. The second kappa shape index (κ2) is 7.26. The fourth-order valence-electron chi connectivity index (χ4n) is 2.33. The Morgan fingerprint density at radius 3 is 2.31 bits per heavy atom. The molecule has 0 spiro atoms. The Morgan fingerprint density at radius 2 is 1.65 bits per heavy atom. The molecular formula is C19H16F2N4O. The number of anilines is 3. The topological polar surface area (TPSA) is 66.9 Å². The molecule has 0 atom stereocenters. The van der Waals surface area contributed by atoms with Crippen molar-refractivity contribution in [2.75, 3.05) is 10.6 Å². The van der Waals surface area contributed by atoms with Crippen LogP contribution in [0.15, 0.2) is 48.8 Å². The zero-order chi connectivity index (χ0) is 18.7. The summed E-state index contributed by atoms with van der Waals surface area (Å²) in [6.07, 6.45) is 2.62. The maximum atomic E-state index is 13.6. The van der Waals surface area contributed by atoms with Gasteiger partial charge in [0.15, 0.2) is 0 Å². The van der Waals surface area contributed by atoms with Crippen molar-refractivity contribution in [1.82, 2.24) is 9.97 Å². The Labute approximate surface area is 149 Å². The zero-order valence-electron chi connectivity index (χ0n) is 14.2. The minimum absolute atomic E-state index is 0.0563. The van der Waals surface area contributed by atoms with Crippen LogP contribution in [0, 0.1) is 25.5 Å². The second-order valence-electron chi connectivity index (χ2n) is 5.71. The van der Waals surface area contributed by atoms with Crippen molar-refractivity contribution in [2.24, 2.45) is 0 Å². The van der Waals surface area contributed by atoms with Crippen LogP contribution in [0.25, 0.3) is 0 Å². The maximum absolute atomic E-state index is 13.6. The van der Waals surface area contributed by atoms with Crippen molar-refractivity contribution in [3.8, 4) is 0 Å². The first kappa shape index (κ1) is 17.5. The van der Waals surface area contributed by atoms with E-state index in [1.165, 1.54) is 18.5 Å². The summed E-state index contributed by atoms with van der Waals surface area (Å²) in [5, 5.41) is 5.29. The van der Waals surface area contributed by atoms with E-state index in [1.54, 1.807) is 0 Å². The lowest BCUT2D eigenvalue weighted by atomic mass is 10.1. The monoisotopic (exact) mass is 354 g/mol. The molecule has 1 aromatic heterocycles. The number of amides is 1. The molecule has 0 fully saturated rings. The van der Waals surface area contributed by atoms with Crippen LogP contribution >= 0.6 is 0 Å². The molecule has 0 aliphatic rings. The first-order valence-corrected chi connectivity index (χ1v) is 7.86. The van der Waals surface area contributed by atoms with Gasteiger partial charge in [0.25, 0.3) is 5.91 Å². The minimum atomic E-state index is -0.862. The molecule has 2 N–H and O–H groups in total. The lowest BCUT2D eigenvalue weighted by molar-refractivity contribution is 0.102.